The van der Waals surface area contributed by atoms with E-state index >= 15 is 0 Å². The number of aliphatic hydroxyl groups excluding tert-OH is 1. The highest BCUT2D eigenvalue weighted by Gasteiger charge is 2.17. The smallest absolute Gasteiger partial charge is 0.255 e. The molecule has 0 spiro atoms. The van der Waals surface area contributed by atoms with Crippen LogP contribution in [0.4, 0.5) is 0 Å². The maximum Gasteiger partial charge on any atom is 0.255 e. The lowest BCUT2D eigenvalue weighted by atomic mass is 10.0. The van der Waals surface area contributed by atoms with Crippen molar-refractivity contribution in [3.8, 4) is 0 Å². The molecule has 0 aliphatic rings. The van der Waals surface area contributed by atoms with Gasteiger partial charge in [0.1, 0.15) is 0 Å². The van der Waals surface area contributed by atoms with Gasteiger partial charge < -0.3 is 10.4 Å². The van der Waals surface area contributed by atoms with Crippen molar-refractivity contribution in [2.45, 2.75) is 40.2 Å². The summed E-state index contributed by atoms with van der Waals surface area (Å²) in [5.41, 5.74) is 2.27. The van der Waals surface area contributed by atoms with Crippen LogP contribution in [0.15, 0.2) is 0 Å². The van der Waals surface area contributed by atoms with E-state index in [1.807, 2.05) is 27.8 Å². The number of carbonyl (C=O) groups excluding carboxylic acids is 1. The van der Waals surface area contributed by atoms with Crippen molar-refractivity contribution in [2.24, 2.45) is 13.0 Å². The molecule has 0 saturated carbocycles. The minimum Gasteiger partial charge on any atom is -0.393 e. The van der Waals surface area contributed by atoms with Crippen molar-refractivity contribution in [1.29, 1.82) is 0 Å². The maximum atomic E-state index is 12.1. The van der Waals surface area contributed by atoms with Crippen molar-refractivity contribution in [3.05, 3.63) is 17.0 Å². The number of nitrogens with one attached hydrogen (secondary N) is 1. The summed E-state index contributed by atoms with van der Waals surface area (Å²) in [5, 5.41) is 16.4. The van der Waals surface area contributed by atoms with Gasteiger partial charge in [0.25, 0.3) is 5.91 Å². The van der Waals surface area contributed by atoms with E-state index in [4.69, 9.17) is 0 Å². The number of hydrogen-bond donors (Lipinski definition) is 2. The van der Waals surface area contributed by atoms with Gasteiger partial charge in [-0.25, -0.2) is 0 Å². The summed E-state index contributed by atoms with van der Waals surface area (Å²) in [4.78, 5) is 12.1. The molecule has 18 heavy (non-hydrogen) atoms. The van der Waals surface area contributed by atoms with Gasteiger partial charge in [-0.1, -0.05) is 6.92 Å². The highest BCUT2D eigenvalue weighted by molar-refractivity contribution is 5.96. The summed E-state index contributed by atoms with van der Waals surface area (Å²) in [6, 6.07) is 0. The molecular formula is C13H23N3O2. The zero-order valence-electron chi connectivity index (χ0n) is 11.8. The van der Waals surface area contributed by atoms with Crippen LogP contribution in [0.5, 0.6) is 0 Å². The van der Waals surface area contributed by atoms with E-state index < -0.39 is 0 Å². The fourth-order valence-corrected chi connectivity index (χ4v) is 2.12. The molecule has 2 atom stereocenters. The van der Waals surface area contributed by atoms with E-state index in [2.05, 4.69) is 10.4 Å². The number of amides is 1. The van der Waals surface area contributed by atoms with Crippen LogP contribution in [0.2, 0.25) is 0 Å². The number of nitrogens with zero attached hydrogens (tertiary/aromatic N) is 2. The van der Waals surface area contributed by atoms with Gasteiger partial charge in [0.2, 0.25) is 0 Å². The molecule has 0 aliphatic heterocycles. The molecule has 1 heterocycles. The van der Waals surface area contributed by atoms with E-state index in [-0.39, 0.29) is 17.9 Å². The Hall–Kier alpha value is -1.36. The molecule has 1 aromatic heterocycles. The second-order valence-corrected chi connectivity index (χ2v) is 5.07. The average Bonchev–Trinajstić information content (AvgIpc) is 2.49. The summed E-state index contributed by atoms with van der Waals surface area (Å²) < 4.78 is 1.71. The largest absolute Gasteiger partial charge is 0.393 e. The second-order valence-electron chi connectivity index (χ2n) is 5.07. The van der Waals surface area contributed by atoms with Crippen LogP contribution in [0.1, 0.15) is 42.0 Å². The van der Waals surface area contributed by atoms with E-state index in [9.17, 15) is 9.90 Å². The van der Waals surface area contributed by atoms with Crippen molar-refractivity contribution in [3.63, 3.8) is 0 Å². The van der Waals surface area contributed by atoms with Gasteiger partial charge in [0.05, 0.1) is 17.4 Å². The molecule has 0 bridgehead atoms. The van der Waals surface area contributed by atoms with E-state index in [0.717, 1.165) is 11.4 Å². The molecule has 5 nitrogen and oxygen atoms in total. The Kier molecular flexibility index (Phi) is 4.90. The van der Waals surface area contributed by atoms with Crippen molar-refractivity contribution in [1.82, 2.24) is 15.1 Å². The lowest BCUT2D eigenvalue weighted by Crippen LogP contribution is -2.30. The lowest BCUT2D eigenvalue weighted by Gasteiger charge is -2.14. The second kappa shape index (κ2) is 6.00. The van der Waals surface area contributed by atoms with E-state index in [1.165, 1.54) is 0 Å². The number of aromatic nitrogens is 2. The standard InChI is InChI=1S/C13H23N3O2/c1-8(6-9(2)17)7-14-13(18)12-10(3)15-16(5)11(12)4/h8-9,17H,6-7H2,1-5H3,(H,14,18). The highest BCUT2D eigenvalue weighted by Crippen LogP contribution is 2.12. The molecule has 102 valence electrons. The molecular weight excluding hydrogens is 230 g/mol. The van der Waals surface area contributed by atoms with Gasteiger partial charge in [-0.05, 0) is 33.1 Å². The van der Waals surface area contributed by atoms with Crippen LogP contribution in [-0.2, 0) is 7.05 Å². The molecule has 2 N–H and O–H groups in total. The third-order valence-electron chi connectivity index (χ3n) is 3.09. The number of aryl methyl sites for hydroxylation is 2. The van der Waals surface area contributed by atoms with Crippen LogP contribution in [-0.4, -0.2) is 33.4 Å². The van der Waals surface area contributed by atoms with Crippen LogP contribution in [0.25, 0.3) is 0 Å². The van der Waals surface area contributed by atoms with Crippen LogP contribution in [0.3, 0.4) is 0 Å². The number of aliphatic hydroxyl groups is 1. The molecule has 0 fully saturated rings. The Morgan fingerprint density at radius 1 is 1.44 bits per heavy atom. The normalized spacial score (nSPS) is 14.3. The Bertz CT molecular complexity index is 424. The summed E-state index contributed by atoms with van der Waals surface area (Å²) in [7, 11) is 1.83. The third kappa shape index (κ3) is 3.57. The van der Waals surface area contributed by atoms with Crippen LogP contribution in [0, 0.1) is 19.8 Å². The maximum absolute atomic E-state index is 12.1. The first kappa shape index (κ1) is 14.7. The Morgan fingerprint density at radius 2 is 2.06 bits per heavy atom. The predicted octanol–water partition coefficient (Wildman–Crippen LogP) is 1.17. The van der Waals surface area contributed by atoms with Crippen molar-refractivity contribution < 1.29 is 9.90 Å². The summed E-state index contributed by atoms with van der Waals surface area (Å²) in [6.07, 6.45) is 0.351. The SMILES string of the molecule is Cc1nn(C)c(C)c1C(=O)NCC(C)CC(C)O. The number of carbonyl (C=O) groups is 1. The van der Waals surface area contributed by atoms with Gasteiger partial charge in [0, 0.05) is 19.3 Å². The van der Waals surface area contributed by atoms with Gasteiger partial charge >= 0.3 is 0 Å². The van der Waals surface area contributed by atoms with Gasteiger partial charge in [-0.2, -0.15) is 5.10 Å². The lowest BCUT2D eigenvalue weighted by molar-refractivity contribution is 0.0938. The Balaban J connectivity index is 2.61. The average molecular weight is 253 g/mol. The molecule has 1 amide bonds. The predicted molar refractivity (Wildman–Crippen MR) is 70.5 cm³/mol. The Morgan fingerprint density at radius 3 is 2.50 bits per heavy atom. The fraction of sp³-hybridized carbons (Fsp3) is 0.692. The number of hydrogen-bond acceptors (Lipinski definition) is 3. The molecule has 2 unspecified atom stereocenters. The highest BCUT2D eigenvalue weighted by atomic mass is 16.3. The van der Waals surface area contributed by atoms with Crippen molar-refractivity contribution >= 4 is 5.91 Å². The minimum atomic E-state index is -0.334. The first-order chi connectivity index (χ1) is 8.32. The third-order valence-corrected chi connectivity index (χ3v) is 3.09. The molecule has 0 radical (unpaired) electrons. The van der Waals surface area contributed by atoms with E-state index in [1.54, 1.807) is 11.6 Å². The molecule has 0 aromatic carbocycles. The fourth-order valence-electron chi connectivity index (χ4n) is 2.12. The molecule has 1 rings (SSSR count). The van der Waals surface area contributed by atoms with Crippen LogP contribution < -0.4 is 5.32 Å². The zero-order valence-corrected chi connectivity index (χ0v) is 11.8. The minimum absolute atomic E-state index is 0.0875. The first-order valence-corrected chi connectivity index (χ1v) is 6.29. The van der Waals surface area contributed by atoms with Gasteiger partial charge in [-0.15, -0.1) is 0 Å². The topological polar surface area (TPSA) is 67.2 Å². The van der Waals surface area contributed by atoms with E-state index in [0.29, 0.717) is 18.5 Å². The van der Waals surface area contributed by atoms with Gasteiger partial charge in [-0.3, -0.25) is 9.48 Å². The van der Waals surface area contributed by atoms with Crippen LogP contribution >= 0.6 is 0 Å². The first-order valence-electron chi connectivity index (χ1n) is 6.29. The monoisotopic (exact) mass is 253 g/mol. The molecule has 5 heteroatoms. The molecule has 0 aliphatic carbocycles. The molecule has 1 aromatic rings. The summed E-state index contributed by atoms with van der Waals surface area (Å²) in [5.74, 6) is 0.168. The summed E-state index contributed by atoms with van der Waals surface area (Å²) >= 11 is 0. The quantitative estimate of drug-likeness (QED) is 0.828. The Labute approximate surface area is 108 Å². The zero-order chi connectivity index (χ0) is 13.9. The van der Waals surface area contributed by atoms with Crippen molar-refractivity contribution in [2.75, 3.05) is 6.54 Å². The molecule has 0 saturated heterocycles. The summed E-state index contributed by atoms with van der Waals surface area (Å²) in [6.45, 7) is 8.05. The van der Waals surface area contributed by atoms with Gasteiger partial charge in [0.15, 0.2) is 0 Å². The number of rotatable bonds is 5.